The molecule has 10 nitrogen and oxygen atoms in total. The van der Waals surface area contributed by atoms with Gasteiger partial charge in [-0.3, -0.25) is 15.1 Å². The average Bonchev–Trinajstić information content (AvgIpc) is 3.41. The molecule has 46 heavy (non-hydrogen) atoms. The molecule has 0 bridgehead atoms. The molecule has 0 saturated carbocycles. The Morgan fingerprint density at radius 1 is 1.26 bits per heavy atom. The Kier molecular flexibility index (Phi) is 10.8. The van der Waals surface area contributed by atoms with Crippen LogP contribution in [0.25, 0.3) is 17.5 Å². The summed E-state index contributed by atoms with van der Waals surface area (Å²) in [4.78, 5) is 23.1. The highest BCUT2D eigenvalue weighted by atomic mass is 35.5. The van der Waals surface area contributed by atoms with E-state index in [4.69, 9.17) is 22.7 Å². The van der Waals surface area contributed by atoms with Crippen LogP contribution in [0.4, 0.5) is 10.1 Å². The number of carboxylic acid groups (broad SMARTS) is 1. The number of carboxylic acids is 1. The van der Waals surface area contributed by atoms with E-state index in [9.17, 15) is 15.0 Å². The van der Waals surface area contributed by atoms with Crippen LogP contribution in [-0.4, -0.2) is 63.4 Å². The highest BCUT2D eigenvalue weighted by molar-refractivity contribution is 6.31. The van der Waals surface area contributed by atoms with E-state index in [1.165, 1.54) is 0 Å². The molecule has 2 aromatic carbocycles. The zero-order valence-corrected chi connectivity index (χ0v) is 27.0. The van der Waals surface area contributed by atoms with E-state index in [2.05, 4.69) is 20.2 Å². The van der Waals surface area contributed by atoms with Crippen molar-refractivity contribution in [2.45, 2.75) is 83.3 Å². The number of nitrogens with one attached hydrogen (secondary N) is 3. The van der Waals surface area contributed by atoms with Crippen LogP contribution >= 0.6 is 11.6 Å². The number of anilines is 1. The van der Waals surface area contributed by atoms with Gasteiger partial charge in [-0.25, -0.2) is 9.38 Å². The highest BCUT2D eigenvalue weighted by Crippen LogP contribution is 2.36. The molecule has 2 aliphatic heterocycles. The summed E-state index contributed by atoms with van der Waals surface area (Å²) in [5.41, 5.74) is 9.81. The number of aliphatic hydroxyl groups excluding tert-OH is 1. The molecule has 0 radical (unpaired) electrons. The molecular formula is C34H43ClFN7O3. The number of hydrogen-bond acceptors (Lipinski definition) is 7. The lowest BCUT2D eigenvalue weighted by Gasteiger charge is -2.42. The monoisotopic (exact) mass is 651 g/mol. The van der Waals surface area contributed by atoms with E-state index in [0.717, 1.165) is 56.1 Å². The Morgan fingerprint density at radius 2 is 2.02 bits per heavy atom. The first-order valence-corrected chi connectivity index (χ1v) is 16.2. The number of rotatable bonds is 12. The van der Waals surface area contributed by atoms with Crippen molar-refractivity contribution in [2.24, 2.45) is 10.7 Å². The second kappa shape index (κ2) is 14.8. The molecule has 0 amide bonds. The summed E-state index contributed by atoms with van der Waals surface area (Å²) in [6.07, 6.45) is 6.52. The molecule has 5 rings (SSSR count). The zero-order valence-electron chi connectivity index (χ0n) is 26.3. The first-order chi connectivity index (χ1) is 22.0. The zero-order chi connectivity index (χ0) is 33.0. The molecule has 1 saturated heterocycles. The van der Waals surface area contributed by atoms with Crippen molar-refractivity contribution in [2.75, 3.05) is 18.0 Å². The molecule has 0 spiro atoms. The number of nitrogens with zero attached hydrogens (tertiary/aromatic N) is 3. The fourth-order valence-corrected chi connectivity index (χ4v) is 6.76. The molecule has 1 aromatic heterocycles. The summed E-state index contributed by atoms with van der Waals surface area (Å²) in [5.74, 6) is -0.991. The molecule has 3 heterocycles. The number of aryl methyl sites for hydroxylation is 1. The van der Waals surface area contributed by atoms with E-state index in [1.54, 1.807) is 36.2 Å². The second-order valence-electron chi connectivity index (χ2n) is 12.4. The van der Waals surface area contributed by atoms with E-state index in [0.29, 0.717) is 40.0 Å². The Morgan fingerprint density at radius 3 is 2.72 bits per heavy atom. The number of amidine groups is 1. The third-order valence-electron chi connectivity index (χ3n) is 8.75. The van der Waals surface area contributed by atoms with Crippen LogP contribution in [0.5, 0.6) is 0 Å². The Labute approximate surface area is 273 Å². The molecule has 0 aliphatic carbocycles. The molecular weight excluding hydrogens is 609 g/mol. The largest absolute Gasteiger partial charge is 0.480 e. The number of hydrogen-bond donors (Lipinski definition) is 6. The Hall–Kier alpha value is -3.77. The topological polar surface area (TPSA) is 154 Å². The molecule has 4 atom stereocenters. The van der Waals surface area contributed by atoms with Gasteiger partial charge in [-0.05, 0) is 100 Å². The lowest BCUT2D eigenvalue weighted by Crippen LogP contribution is -2.46. The maximum absolute atomic E-state index is 15.2. The molecule has 2 aliphatic rings. The maximum atomic E-state index is 15.2. The number of halogens is 2. The van der Waals surface area contributed by atoms with Crippen molar-refractivity contribution in [3.05, 3.63) is 75.1 Å². The number of fused-ring (bicyclic) bond motifs is 1. The number of carbonyl (C=O) groups is 1. The molecule has 1 fully saturated rings. The first kappa shape index (κ1) is 33.6. The number of aliphatic hydroxyl groups is 1. The van der Waals surface area contributed by atoms with Gasteiger partial charge >= 0.3 is 5.97 Å². The van der Waals surface area contributed by atoms with Gasteiger partial charge in [0.15, 0.2) is 5.82 Å². The Bertz CT molecular complexity index is 1680. The smallest absolute Gasteiger partial charge is 0.317 e. The minimum atomic E-state index is -1.20. The van der Waals surface area contributed by atoms with E-state index in [1.807, 2.05) is 31.2 Å². The summed E-state index contributed by atoms with van der Waals surface area (Å²) in [7, 11) is 0. The summed E-state index contributed by atoms with van der Waals surface area (Å²) in [6, 6.07) is 13.1. The number of aliphatic carboxylic acids is 1. The maximum Gasteiger partial charge on any atom is 0.317 e. The van der Waals surface area contributed by atoms with Gasteiger partial charge in [-0.15, -0.1) is 0 Å². The average molecular weight is 652 g/mol. The number of piperidine rings is 1. The second-order valence-corrected chi connectivity index (χ2v) is 12.8. The third kappa shape index (κ3) is 7.95. The number of aromatic nitrogens is 1. The van der Waals surface area contributed by atoms with Crippen LogP contribution in [0, 0.1) is 11.2 Å². The number of H-pyrrole nitrogens is 1. The van der Waals surface area contributed by atoms with Gasteiger partial charge < -0.3 is 31.1 Å². The van der Waals surface area contributed by atoms with Crippen LogP contribution in [0.2, 0.25) is 5.02 Å². The predicted molar refractivity (Wildman–Crippen MR) is 179 cm³/mol. The number of benzene rings is 2. The van der Waals surface area contributed by atoms with Crippen molar-refractivity contribution in [1.82, 2.24) is 15.2 Å². The summed E-state index contributed by atoms with van der Waals surface area (Å²) in [6.45, 7) is 4.22. The fraction of sp³-hybridized carbons (Fsp3) is 0.441. The van der Waals surface area contributed by atoms with Gasteiger partial charge in [0.25, 0.3) is 0 Å². The minimum absolute atomic E-state index is 0.0490. The standard InChI is InChI=1S/C34H43ClFN7O3/c1-20(37)5-3-6-22-15-27(32(36)28(35)16-22)29-17-24-18-43(34(46)41-33(24)40-29)26-11-9-23(10-12-26)30-8-4-7-25(13-14-39-21(2)38)42(30)19-31(44)45/h9-12,15-18,20,25,30,34,46H,3-8,13-14,19,37H2,1-2H3,(H2,38,39)(H,40,41)(H,44,45)/t20-,25-,30-,34?/m0/s1. The van der Waals surface area contributed by atoms with E-state index in [-0.39, 0.29) is 29.7 Å². The molecule has 246 valence electrons. The van der Waals surface area contributed by atoms with Crippen molar-refractivity contribution in [3.8, 4) is 11.3 Å². The van der Waals surface area contributed by atoms with Crippen molar-refractivity contribution in [3.63, 3.8) is 0 Å². The van der Waals surface area contributed by atoms with Gasteiger partial charge in [0.05, 0.1) is 23.1 Å². The van der Waals surface area contributed by atoms with Crippen molar-refractivity contribution in [1.29, 1.82) is 5.41 Å². The SMILES string of the molecule is CC(=N)NCC[C@@H]1CCC[C@@H](c2ccc(N3C=c4cc(-c5cc(CCC[C@H](C)N)cc(Cl)c5F)[nH]c4=NC3O)cc2)N1CC(=O)O. The molecule has 12 heteroatoms. The number of nitrogens with two attached hydrogens (primary N) is 1. The van der Waals surface area contributed by atoms with Gasteiger partial charge in [-0.1, -0.05) is 23.7 Å². The summed E-state index contributed by atoms with van der Waals surface area (Å²) < 4.78 is 15.2. The molecule has 3 aromatic rings. The van der Waals surface area contributed by atoms with Crippen LogP contribution in [-0.2, 0) is 11.2 Å². The third-order valence-corrected chi connectivity index (χ3v) is 9.02. The predicted octanol–water partition coefficient (Wildman–Crippen LogP) is 4.25. The first-order valence-electron chi connectivity index (χ1n) is 15.9. The lowest BCUT2D eigenvalue weighted by molar-refractivity contribution is -0.140. The Balaban J connectivity index is 1.37. The van der Waals surface area contributed by atoms with Crippen molar-refractivity contribution >= 4 is 35.3 Å². The fourth-order valence-electron chi connectivity index (χ4n) is 6.52. The quantitative estimate of drug-likeness (QED) is 0.126. The van der Waals surface area contributed by atoms with Crippen LogP contribution in [0.3, 0.4) is 0 Å². The van der Waals surface area contributed by atoms with Crippen LogP contribution in [0.15, 0.2) is 47.5 Å². The molecule has 7 N–H and O–H groups in total. The van der Waals surface area contributed by atoms with Gasteiger partial charge in [0.2, 0.25) is 6.35 Å². The van der Waals surface area contributed by atoms with Gasteiger partial charge in [-0.2, -0.15) is 0 Å². The highest BCUT2D eigenvalue weighted by Gasteiger charge is 2.33. The van der Waals surface area contributed by atoms with Gasteiger partial charge in [0, 0.05) is 47.3 Å². The summed E-state index contributed by atoms with van der Waals surface area (Å²) >= 11 is 6.27. The van der Waals surface area contributed by atoms with E-state index >= 15 is 4.39 Å². The number of likely N-dealkylation sites (tertiary alicyclic amines) is 1. The lowest BCUT2D eigenvalue weighted by atomic mass is 9.89. The number of aromatic amines is 1. The normalized spacial score (nSPS) is 20.4. The van der Waals surface area contributed by atoms with Gasteiger partial charge in [0.1, 0.15) is 5.49 Å². The minimum Gasteiger partial charge on any atom is -0.480 e. The van der Waals surface area contributed by atoms with Crippen LogP contribution < -0.4 is 26.7 Å². The van der Waals surface area contributed by atoms with E-state index < -0.39 is 18.1 Å². The van der Waals surface area contributed by atoms with Crippen molar-refractivity contribution < 1.29 is 19.4 Å². The molecule has 1 unspecified atom stereocenters. The summed E-state index contributed by atoms with van der Waals surface area (Å²) in [5, 5.41) is 32.1. The van der Waals surface area contributed by atoms with Crippen LogP contribution in [0.1, 0.15) is 69.5 Å².